The summed E-state index contributed by atoms with van der Waals surface area (Å²) in [5, 5.41) is 6.67. The number of benzene rings is 1. The van der Waals surface area contributed by atoms with E-state index in [1.807, 2.05) is 24.3 Å². The van der Waals surface area contributed by atoms with E-state index in [1.54, 1.807) is 0 Å². The van der Waals surface area contributed by atoms with E-state index >= 15 is 0 Å². The van der Waals surface area contributed by atoms with Crippen LogP contribution in [0.4, 0.5) is 5.69 Å². The van der Waals surface area contributed by atoms with Gasteiger partial charge >= 0.3 is 0 Å². The Morgan fingerprint density at radius 2 is 2.30 bits per heavy atom. The van der Waals surface area contributed by atoms with Crippen LogP contribution in [0.15, 0.2) is 24.3 Å². The molecule has 1 aromatic carbocycles. The molecule has 2 amide bonds. The largest absolute Gasteiger partial charge is 0.399 e. The maximum atomic E-state index is 12.1. The highest BCUT2D eigenvalue weighted by Gasteiger charge is 2.21. The molecule has 5 nitrogen and oxygen atoms in total. The molecule has 2 aromatic rings. The molecule has 1 aromatic heterocycles. The molecule has 1 aliphatic heterocycles. The van der Waals surface area contributed by atoms with Crippen molar-refractivity contribution in [2.24, 2.45) is 0 Å². The molecular weight excluding hydrogens is 274 g/mol. The molecule has 0 spiro atoms. The van der Waals surface area contributed by atoms with Crippen LogP contribution in [-0.4, -0.2) is 24.4 Å². The Labute approximate surface area is 120 Å². The number of nitrogens with one attached hydrogen (secondary N) is 2. The summed E-state index contributed by atoms with van der Waals surface area (Å²) in [6.45, 7) is 0.473. The monoisotopic (exact) mass is 289 g/mol. The molecule has 104 valence electrons. The van der Waals surface area contributed by atoms with Gasteiger partial charge in [-0.05, 0) is 36.1 Å². The normalized spacial score (nSPS) is 18.2. The smallest absolute Gasteiger partial charge is 0.261 e. The fourth-order valence-corrected chi connectivity index (χ4v) is 3.27. The first-order valence-corrected chi connectivity index (χ1v) is 7.30. The number of anilines is 1. The molecule has 1 aliphatic rings. The summed E-state index contributed by atoms with van der Waals surface area (Å²) >= 11 is 1.44. The fraction of sp³-hybridized carbons (Fsp3) is 0.286. The third-order valence-corrected chi connectivity index (χ3v) is 4.47. The van der Waals surface area contributed by atoms with Crippen molar-refractivity contribution in [1.29, 1.82) is 0 Å². The number of nitrogen functional groups attached to an aromatic ring is 1. The zero-order valence-corrected chi connectivity index (χ0v) is 11.6. The van der Waals surface area contributed by atoms with Crippen molar-refractivity contribution in [2.45, 2.75) is 18.9 Å². The standard InChI is InChI=1S/C14H15N3O2S/c15-9-1-3-11-8(5-9)6-12(20-11)14(19)16-7-10-2-4-13(18)17-10/h1,3,5-6,10H,2,4,7,15H2,(H,16,19)(H,17,18). The van der Waals surface area contributed by atoms with E-state index in [9.17, 15) is 9.59 Å². The van der Waals surface area contributed by atoms with Gasteiger partial charge in [0.2, 0.25) is 5.91 Å². The second kappa shape index (κ2) is 5.13. The number of rotatable bonds is 3. The zero-order valence-electron chi connectivity index (χ0n) is 10.8. The topological polar surface area (TPSA) is 84.2 Å². The lowest BCUT2D eigenvalue weighted by atomic mass is 10.2. The Bertz CT molecular complexity index is 680. The Hall–Kier alpha value is -2.08. The molecule has 4 N–H and O–H groups in total. The summed E-state index contributed by atoms with van der Waals surface area (Å²) in [7, 11) is 0. The van der Waals surface area contributed by atoms with Gasteiger partial charge in [0.25, 0.3) is 5.91 Å². The lowest BCUT2D eigenvalue weighted by Gasteiger charge is -2.10. The quantitative estimate of drug-likeness (QED) is 0.749. The summed E-state index contributed by atoms with van der Waals surface area (Å²) in [6, 6.07) is 7.51. The van der Waals surface area contributed by atoms with Crippen LogP contribution in [0, 0.1) is 0 Å². The predicted octanol–water partition coefficient (Wildman–Crippen LogP) is 1.49. The highest BCUT2D eigenvalue weighted by molar-refractivity contribution is 7.20. The first-order valence-electron chi connectivity index (χ1n) is 6.48. The van der Waals surface area contributed by atoms with Crippen LogP contribution in [0.3, 0.4) is 0 Å². The third kappa shape index (κ3) is 2.60. The van der Waals surface area contributed by atoms with Crippen molar-refractivity contribution < 1.29 is 9.59 Å². The second-order valence-corrected chi connectivity index (χ2v) is 6.00. The van der Waals surface area contributed by atoms with Crippen molar-refractivity contribution >= 4 is 38.9 Å². The number of hydrogen-bond donors (Lipinski definition) is 3. The zero-order chi connectivity index (χ0) is 14.1. The maximum absolute atomic E-state index is 12.1. The molecule has 1 atom stereocenters. The van der Waals surface area contributed by atoms with E-state index in [1.165, 1.54) is 11.3 Å². The average molecular weight is 289 g/mol. The van der Waals surface area contributed by atoms with Gasteiger partial charge in [0.15, 0.2) is 0 Å². The first kappa shape index (κ1) is 12.9. The van der Waals surface area contributed by atoms with Crippen LogP contribution in [0.2, 0.25) is 0 Å². The van der Waals surface area contributed by atoms with Gasteiger partial charge in [0, 0.05) is 29.4 Å². The molecule has 3 rings (SSSR count). The number of thiophene rings is 1. The van der Waals surface area contributed by atoms with Crippen LogP contribution in [0.1, 0.15) is 22.5 Å². The summed E-state index contributed by atoms with van der Waals surface area (Å²) < 4.78 is 1.04. The van der Waals surface area contributed by atoms with Gasteiger partial charge in [0.1, 0.15) is 0 Å². The lowest BCUT2D eigenvalue weighted by Crippen LogP contribution is -2.38. The minimum absolute atomic E-state index is 0.0523. The van der Waals surface area contributed by atoms with Crippen LogP contribution in [0.5, 0.6) is 0 Å². The molecular formula is C14H15N3O2S. The number of nitrogens with two attached hydrogens (primary N) is 1. The molecule has 0 aliphatic carbocycles. The number of hydrogen-bond acceptors (Lipinski definition) is 4. The molecule has 0 bridgehead atoms. The molecule has 0 radical (unpaired) electrons. The maximum Gasteiger partial charge on any atom is 0.261 e. The molecule has 6 heteroatoms. The van der Waals surface area contributed by atoms with E-state index in [0.29, 0.717) is 23.5 Å². The van der Waals surface area contributed by atoms with E-state index < -0.39 is 0 Å². The molecule has 1 unspecified atom stereocenters. The highest BCUT2D eigenvalue weighted by Crippen LogP contribution is 2.27. The summed E-state index contributed by atoms with van der Waals surface area (Å²) in [5.41, 5.74) is 6.42. The number of carbonyl (C=O) groups excluding carboxylic acids is 2. The number of fused-ring (bicyclic) bond motifs is 1. The minimum atomic E-state index is -0.106. The van der Waals surface area contributed by atoms with Gasteiger partial charge in [-0.1, -0.05) is 0 Å². The molecule has 1 fully saturated rings. The molecule has 1 saturated heterocycles. The van der Waals surface area contributed by atoms with Crippen LogP contribution in [0.25, 0.3) is 10.1 Å². The highest BCUT2D eigenvalue weighted by atomic mass is 32.1. The van der Waals surface area contributed by atoms with Crippen molar-refractivity contribution in [2.75, 3.05) is 12.3 Å². The van der Waals surface area contributed by atoms with Gasteiger partial charge in [-0.15, -0.1) is 11.3 Å². The van der Waals surface area contributed by atoms with Crippen LogP contribution >= 0.6 is 11.3 Å². The summed E-state index contributed by atoms with van der Waals surface area (Å²) in [5.74, 6) is -0.0486. The number of amides is 2. The predicted molar refractivity (Wildman–Crippen MR) is 79.7 cm³/mol. The van der Waals surface area contributed by atoms with Crippen molar-refractivity contribution in [3.05, 3.63) is 29.1 Å². The molecule has 20 heavy (non-hydrogen) atoms. The van der Waals surface area contributed by atoms with E-state index in [0.717, 1.165) is 16.5 Å². The van der Waals surface area contributed by atoms with Crippen molar-refractivity contribution in [3.8, 4) is 0 Å². The molecule has 0 saturated carbocycles. The lowest BCUT2D eigenvalue weighted by molar-refractivity contribution is -0.119. The van der Waals surface area contributed by atoms with Crippen LogP contribution in [-0.2, 0) is 4.79 Å². The average Bonchev–Trinajstić information content (AvgIpc) is 3.01. The Morgan fingerprint density at radius 3 is 3.05 bits per heavy atom. The summed E-state index contributed by atoms with van der Waals surface area (Å²) in [6.07, 6.45) is 1.32. The SMILES string of the molecule is Nc1ccc2sc(C(=O)NCC3CCC(=O)N3)cc2c1. The number of carbonyl (C=O) groups is 2. The van der Waals surface area contributed by atoms with Gasteiger partial charge in [-0.3, -0.25) is 9.59 Å². The van der Waals surface area contributed by atoms with Gasteiger partial charge < -0.3 is 16.4 Å². The van der Waals surface area contributed by atoms with E-state index in [-0.39, 0.29) is 17.9 Å². The molecule has 2 heterocycles. The fourth-order valence-electron chi connectivity index (χ4n) is 2.31. The van der Waals surface area contributed by atoms with Crippen molar-refractivity contribution in [3.63, 3.8) is 0 Å². The Balaban J connectivity index is 1.67. The summed E-state index contributed by atoms with van der Waals surface area (Å²) in [4.78, 5) is 23.8. The van der Waals surface area contributed by atoms with Gasteiger partial charge in [-0.2, -0.15) is 0 Å². The van der Waals surface area contributed by atoms with Crippen molar-refractivity contribution in [1.82, 2.24) is 10.6 Å². The van der Waals surface area contributed by atoms with E-state index in [2.05, 4.69) is 10.6 Å². The Kier molecular flexibility index (Phi) is 3.31. The van der Waals surface area contributed by atoms with E-state index in [4.69, 9.17) is 5.73 Å². The minimum Gasteiger partial charge on any atom is -0.399 e. The Morgan fingerprint density at radius 1 is 1.45 bits per heavy atom. The second-order valence-electron chi connectivity index (χ2n) is 4.92. The van der Waals surface area contributed by atoms with Gasteiger partial charge in [0.05, 0.1) is 4.88 Å². The first-order chi connectivity index (χ1) is 9.61. The van der Waals surface area contributed by atoms with Crippen LogP contribution < -0.4 is 16.4 Å². The third-order valence-electron chi connectivity index (χ3n) is 3.36. The van der Waals surface area contributed by atoms with Gasteiger partial charge in [-0.25, -0.2) is 0 Å².